The number of benzene rings is 1. The highest BCUT2D eigenvalue weighted by molar-refractivity contribution is 6.01. The Kier molecular flexibility index (Phi) is 4.68. The molecule has 1 aliphatic heterocycles. The quantitative estimate of drug-likeness (QED) is 0.395. The van der Waals surface area contributed by atoms with E-state index in [1.165, 1.54) is 23.1 Å². The SMILES string of the molecule is NNc1c(C(=O)N2CCOCC2CO)cccc1[N+](=O)[O-]. The van der Waals surface area contributed by atoms with Crippen molar-refractivity contribution in [1.82, 2.24) is 4.90 Å². The van der Waals surface area contributed by atoms with Crippen LogP contribution in [0.5, 0.6) is 0 Å². The monoisotopic (exact) mass is 296 g/mol. The number of aliphatic hydroxyl groups excluding tert-OH is 1. The molecular weight excluding hydrogens is 280 g/mol. The highest BCUT2D eigenvalue weighted by Gasteiger charge is 2.30. The summed E-state index contributed by atoms with van der Waals surface area (Å²) in [4.78, 5) is 24.4. The van der Waals surface area contributed by atoms with E-state index in [4.69, 9.17) is 10.6 Å². The molecule has 1 heterocycles. The van der Waals surface area contributed by atoms with Crippen LogP contribution < -0.4 is 11.3 Å². The van der Waals surface area contributed by atoms with Crippen LogP contribution in [-0.4, -0.2) is 53.2 Å². The smallest absolute Gasteiger partial charge is 0.294 e. The number of nitrogens with zero attached hydrogens (tertiary/aromatic N) is 2. The summed E-state index contributed by atoms with van der Waals surface area (Å²) in [6.45, 7) is 0.633. The van der Waals surface area contributed by atoms with Gasteiger partial charge in [-0.3, -0.25) is 20.8 Å². The van der Waals surface area contributed by atoms with Crippen LogP contribution >= 0.6 is 0 Å². The van der Waals surface area contributed by atoms with Gasteiger partial charge in [0.15, 0.2) is 0 Å². The summed E-state index contributed by atoms with van der Waals surface area (Å²) in [5.74, 6) is 4.89. The maximum atomic E-state index is 12.6. The van der Waals surface area contributed by atoms with E-state index in [9.17, 15) is 20.0 Å². The molecule has 9 nitrogen and oxygen atoms in total. The van der Waals surface area contributed by atoms with Gasteiger partial charge in [0.2, 0.25) is 0 Å². The number of aliphatic hydroxyl groups is 1. The molecule has 9 heteroatoms. The standard InChI is InChI=1S/C12H16N4O5/c13-14-11-9(2-1-3-10(11)16(19)20)12(18)15-4-5-21-7-8(15)6-17/h1-3,8,14,17H,4-7,13H2. The van der Waals surface area contributed by atoms with E-state index in [1.54, 1.807) is 0 Å². The third-order valence-electron chi connectivity index (χ3n) is 3.31. The van der Waals surface area contributed by atoms with Crippen molar-refractivity contribution in [2.75, 3.05) is 31.8 Å². The van der Waals surface area contributed by atoms with Gasteiger partial charge in [-0.2, -0.15) is 0 Å². The summed E-state index contributed by atoms with van der Waals surface area (Å²) in [7, 11) is 0. The lowest BCUT2D eigenvalue weighted by Crippen LogP contribution is -2.50. The largest absolute Gasteiger partial charge is 0.394 e. The van der Waals surface area contributed by atoms with Crippen molar-refractivity contribution in [2.45, 2.75) is 6.04 Å². The number of nitrogen functional groups attached to an aromatic ring is 1. The highest BCUT2D eigenvalue weighted by Crippen LogP contribution is 2.29. The Bertz CT molecular complexity index is 550. The Morgan fingerprint density at radius 3 is 3.00 bits per heavy atom. The number of para-hydroxylation sites is 1. The summed E-state index contributed by atoms with van der Waals surface area (Å²) in [5.41, 5.74) is 1.98. The molecule has 114 valence electrons. The molecule has 2 rings (SSSR count). The number of nitro benzene ring substituents is 1. The predicted octanol–water partition coefficient (Wildman–Crippen LogP) is -0.286. The average molecular weight is 296 g/mol. The number of hydrazine groups is 1. The maximum absolute atomic E-state index is 12.6. The molecule has 1 aromatic rings. The number of nitrogens with one attached hydrogen (secondary N) is 1. The molecule has 1 saturated heterocycles. The number of ether oxygens (including phenoxy) is 1. The Balaban J connectivity index is 2.38. The van der Waals surface area contributed by atoms with Crippen LogP contribution in [0.1, 0.15) is 10.4 Å². The van der Waals surface area contributed by atoms with Crippen molar-refractivity contribution in [3.63, 3.8) is 0 Å². The van der Waals surface area contributed by atoms with Crippen molar-refractivity contribution in [3.8, 4) is 0 Å². The van der Waals surface area contributed by atoms with Gasteiger partial charge >= 0.3 is 0 Å². The van der Waals surface area contributed by atoms with Crippen LogP contribution in [0, 0.1) is 10.1 Å². The number of rotatable bonds is 4. The highest BCUT2D eigenvalue weighted by atomic mass is 16.6. The van der Waals surface area contributed by atoms with Crippen LogP contribution in [0.15, 0.2) is 18.2 Å². The van der Waals surface area contributed by atoms with Crippen LogP contribution in [0.3, 0.4) is 0 Å². The zero-order chi connectivity index (χ0) is 15.4. The molecule has 0 saturated carbocycles. The van der Waals surface area contributed by atoms with Gasteiger partial charge in [0.05, 0.1) is 36.3 Å². The number of anilines is 1. The van der Waals surface area contributed by atoms with E-state index in [1.807, 2.05) is 0 Å². The average Bonchev–Trinajstić information content (AvgIpc) is 2.53. The van der Waals surface area contributed by atoms with Gasteiger partial charge in [0, 0.05) is 12.6 Å². The van der Waals surface area contributed by atoms with E-state index in [-0.39, 0.29) is 30.2 Å². The van der Waals surface area contributed by atoms with Crippen molar-refractivity contribution < 1.29 is 19.6 Å². The molecule has 0 aliphatic carbocycles. The second-order valence-corrected chi connectivity index (χ2v) is 4.51. The van der Waals surface area contributed by atoms with Crippen LogP contribution in [0.4, 0.5) is 11.4 Å². The van der Waals surface area contributed by atoms with Gasteiger partial charge in [-0.05, 0) is 6.07 Å². The van der Waals surface area contributed by atoms with Gasteiger partial charge < -0.3 is 20.2 Å². The summed E-state index contributed by atoms with van der Waals surface area (Å²) in [5, 5.41) is 20.3. The molecule has 0 radical (unpaired) electrons. The van der Waals surface area contributed by atoms with E-state index in [0.29, 0.717) is 13.2 Å². The summed E-state index contributed by atoms with van der Waals surface area (Å²) >= 11 is 0. The van der Waals surface area contributed by atoms with Crippen LogP contribution in [0.2, 0.25) is 0 Å². The molecular formula is C12H16N4O5. The first kappa shape index (κ1) is 15.2. The Morgan fingerprint density at radius 2 is 2.38 bits per heavy atom. The van der Waals surface area contributed by atoms with E-state index in [2.05, 4.69) is 5.43 Å². The Labute approximate surface area is 120 Å². The number of carbonyl (C=O) groups is 1. The minimum atomic E-state index is -0.616. The first-order chi connectivity index (χ1) is 10.1. The number of morpholine rings is 1. The summed E-state index contributed by atoms with van der Waals surface area (Å²) in [6.07, 6.45) is 0. The molecule has 0 spiro atoms. The third kappa shape index (κ3) is 2.94. The van der Waals surface area contributed by atoms with Gasteiger partial charge in [0.25, 0.3) is 11.6 Å². The first-order valence-electron chi connectivity index (χ1n) is 6.33. The Morgan fingerprint density at radius 1 is 1.62 bits per heavy atom. The fraction of sp³-hybridized carbons (Fsp3) is 0.417. The molecule has 4 N–H and O–H groups in total. The van der Waals surface area contributed by atoms with Crippen molar-refractivity contribution >= 4 is 17.3 Å². The second kappa shape index (κ2) is 6.48. The van der Waals surface area contributed by atoms with Gasteiger partial charge in [0.1, 0.15) is 5.69 Å². The number of hydrogen-bond acceptors (Lipinski definition) is 7. The van der Waals surface area contributed by atoms with Gasteiger partial charge in [-0.15, -0.1) is 0 Å². The minimum absolute atomic E-state index is 0.0457. The topological polar surface area (TPSA) is 131 Å². The molecule has 1 amide bonds. The Hall–Kier alpha value is -2.23. The molecule has 0 aromatic heterocycles. The fourth-order valence-corrected chi connectivity index (χ4v) is 2.25. The molecule has 1 atom stereocenters. The maximum Gasteiger partial charge on any atom is 0.294 e. The van der Waals surface area contributed by atoms with E-state index >= 15 is 0 Å². The molecule has 21 heavy (non-hydrogen) atoms. The number of nitrogens with two attached hydrogens (primary N) is 1. The molecule has 1 unspecified atom stereocenters. The van der Waals surface area contributed by atoms with Crippen molar-refractivity contribution in [2.24, 2.45) is 5.84 Å². The second-order valence-electron chi connectivity index (χ2n) is 4.51. The molecule has 1 aliphatic rings. The molecule has 1 fully saturated rings. The zero-order valence-corrected chi connectivity index (χ0v) is 11.2. The third-order valence-corrected chi connectivity index (χ3v) is 3.31. The predicted molar refractivity (Wildman–Crippen MR) is 73.6 cm³/mol. The van der Waals surface area contributed by atoms with E-state index in [0.717, 1.165) is 0 Å². The van der Waals surface area contributed by atoms with E-state index < -0.39 is 16.9 Å². The number of carbonyl (C=O) groups excluding carboxylic acids is 1. The lowest BCUT2D eigenvalue weighted by molar-refractivity contribution is -0.384. The number of hydrogen-bond donors (Lipinski definition) is 3. The fourth-order valence-electron chi connectivity index (χ4n) is 2.25. The molecule has 1 aromatic carbocycles. The number of amides is 1. The van der Waals surface area contributed by atoms with Crippen molar-refractivity contribution in [3.05, 3.63) is 33.9 Å². The van der Waals surface area contributed by atoms with Gasteiger partial charge in [-0.1, -0.05) is 6.07 Å². The summed E-state index contributed by atoms with van der Waals surface area (Å²) in [6, 6.07) is 3.65. The summed E-state index contributed by atoms with van der Waals surface area (Å²) < 4.78 is 5.21. The minimum Gasteiger partial charge on any atom is -0.394 e. The molecule has 0 bridgehead atoms. The van der Waals surface area contributed by atoms with Gasteiger partial charge in [-0.25, -0.2) is 0 Å². The lowest BCUT2D eigenvalue weighted by atomic mass is 10.1. The van der Waals surface area contributed by atoms with Crippen molar-refractivity contribution in [1.29, 1.82) is 0 Å². The normalized spacial score (nSPS) is 18.4. The first-order valence-corrected chi connectivity index (χ1v) is 6.33. The number of nitro groups is 1. The zero-order valence-electron chi connectivity index (χ0n) is 11.2. The van der Waals surface area contributed by atoms with Crippen LogP contribution in [0.25, 0.3) is 0 Å². The van der Waals surface area contributed by atoms with Crippen LogP contribution in [-0.2, 0) is 4.74 Å². The lowest BCUT2D eigenvalue weighted by Gasteiger charge is -2.34.